The van der Waals surface area contributed by atoms with Gasteiger partial charge in [-0.1, -0.05) is 19.9 Å². The van der Waals surface area contributed by atoms with Crippen molar-refractivity contribution in [1.29, 1.82) is 0 Å². The molecule has 198 valence electrons. The third-order valence-corrected chi connectivity index (χ3v) is 8.32. The molecule has 1 atom stereocenters. The summed E-state index contributed by atoms with van der Waals surface area (Å²) in [6.45, 7) is 9.80. The number of nitrogens with zero attached hydrogens (tertiary/aromatic N) is 5. The Morgan fingerprint density at radius 1 is 1.10 bits per heavy atom. The van der Waals surface area contributed by atoms with Gasteiger partial charge in [0.05, 0.1) is 40.0 Å². The van der Waals surface area contributed by atoms with Gasteiger partial charge in [-0.05, 0) is 85.5 Å². The Bertz CT molecular complexity index is 1820. The minimum absolute atomic E-state index is 0.129. The average Bonchev–Trinajstić information content (AvgIpc) is 3.34. The van der Waals surface area contributed by atoms with Gasteiger partial charge in [0, 0.05) is 18.1 Å². The number of rotatable bonds is 3. The molecule has 1 N–H and O–H groups in total. The highest BCUT2D eigenvalue weighted by atomic mass is 16.5. The van der Waals surface area contributed by atoms with Crippen LogP contribution >= 0.6 is 0 Å². The Morgan fingerprint density at radius 2 is 1.97 bits per heavy atom. The molecule has 2 aliphatic rings. The molecule has 0 bridgehead atoms. The van der Waals surface area contributed by atoms with E-state index in [2.05, 4.69) is 60.1 Å². The zero-order valence-electron chi connectivity index (χ0n) is 22.8. The lowest BCUT2D eigenvalue weighted by Crippen LogP contribution is -2.43. The van der Waals surface area contributed by atoms with Gasteiger partial charge in [-0.25, -0.2) is 4.79 Å². The molecule has 8 nitrogen and oxygen atoms in total. The zero-order valence-corrected chi connectivity index (χ0v) is 22.8. The summed E-state index contributed by atoms with van der Waals surface area (Å²) >= 11 is 0. The lowest BCUT2D eigenvalue weighted by Gasteiger charge is -2.35. The molecule has 0 aliphatic carbocycles. The predicted octanol–water partition coefficient (Wildman–Crippen LogP) is 5.82. The fourth-order valence-corrected chi connectivity index (χ4v) is 6.42. The van der Waals surface area contributed by atoms with Crippen LogP contribution in [0.25, 0.3) is 38.6 Å². The molecule has 0 spiro atoms. The molecule has 0 unspecified atom stereocenters. The summed E-state index contributed by atoms with van der Waals surface area (Å²) in [4.78, 5) is 25.9. The molecule has 0 saturated carbocycles. The van der Waals surface area contributed by atoms with E-state index in [4.69, 9.17) is 14.7 Å². The Hall–Kier alpha value is -4.20. The third-order valence-electron chi connectivity index (χ3n) is 8.32. The molecular formula is C31H32N6O2. The SMILES string of the molecule is Cc1ccnc(C(C)C)c1-n1c(=O)nc2c3c(cc(-c4c(C)ccc5[nH]ncc45)cc31)OC[C@H]1CCCCN21. The highest BCUT2D eigenvalue weighted by Gasteiger charge is 2.32. The second-order valence-corrected chi connectivity index (χ2v) is 11.2. The number of anilines is 1. The fraction of sp³-hybridized carbons (Fsp3) is 0.355. The number of aromatic nitrogens is 5. The van der Waals surface area contributed by atoms with Gasteiger partial charge >= 0.3 is 5.69 Å². The smallest absolute Gasteiger partial charge is 0.354 e. The number of aryl methyl sites for hydroxylation is 2. The quantitative estimate of drug-likeness (QED) is 0.323. The van der Waals surface area contributed by atoms with Crippen LogP contribution in [-0.4, -0.2) is 43.9 Å². The van der Waals surface area contributed by atoms with E-state index in [9.17, 15) is 4.79 Å². The van der Waals surface area contributed by atoms with Gasteiger partial charge in [0.2, 0.25) is 0 Å². The van der Waals surface area contributed by atoms with Gasteiger partial charge in [-0.3, -0.25) is 14.6 Å². The van der Waals surface area contributed by atoms with Crippen LogP contribution < -0.4 is 15.3 Å². The number of nitrogens with one attached hydrogen (secondary N) is 1. The summed E-state index contributed by atoms with van der Waals surface area (Å²) in [5.41, 5.74) is 7.33. The van der Waals surface area contributed by atoms with Crippen LogP contribution in [-0.2, 0) is 0 Å². The maximum absolute atomic E-state index is 14.1. The highest BCUT2D eigenvalue weighted by molar-refractivity contribution is 6.03. The summed E-state index contributed by atoms with van der Waals surface area (Å²) in [6.07, 6.45) is 6.95. The largest absolute Gasteiger partial charge is 0.491 e. The normalized spacial score (nSPS) is 16.9. The van der Waals surface area contributed by atoms with E-state index in [1.54, 1.807) is 4.57 Å². The van der Waals surface area contributed by atoms with Crippen LogP contribution in [0.15, 0.2) is 47.5 Å². The van der Waals surface area contributed by atoms with Crippen LogP contribution in [0.1, 0.15) is 55.8 Å². The van der Waals surface area contributed by atoms with Crippen molar-refractivity contribution in [2.45, 2.75) is 58.9 Å². The second kappa shape index (κ2) is 8.93. The topological polar surface area (TPSA) is 88.9 Å². The number of hydrogen-bond donors (Lipinski definition) is 1. The second-order valence-electron chi connectivity index (χ2n) is 11.2. The number of pyridine rings is 1. The first-order valence-electron chi connectivity index (χ1n) is 13.8. The lowest BCUT2D eigenvalue weighted by molar-refractivity contribution is 0.267. The Labute approximate surface area is 226 Å². The monoisotopic (exact) mass is 520 g/mol. The lowest BCUT2D eigenvalue weighted by atomic mass is 9.95. The van der Waals surface area contributed by atoms with Crippen molar-refractivity contribution < 1.29 is 4.74 Å². The van der Waals surface area contributed by atoms with Gasteiger partial charge in [-0.15, -0.1) is 0 Å². The number of aromatic amines is 1. The molecule has 8 heteroatoms. The molecule has 0 amide bonds. The molecule has 5 heterocycles. The average molecular weight is 521 g/mol. The maximum Gasteiger partial charge on any atom is 0.354 e. The van der Waals surface area contributed by atoms with Gasteiger partial charge in [-0.2, -0.15) is 10.1 Å². The molecule has 0 radical (unpaired) electrons. The number of piperidine rings is 1. The number of ether oxygens (including phenoxy) is 1. The standard InChI is InChI=1S/C31H32N6O2/c1-17(2)28-29(19(4)10-11-32-28)37-24-13-20(26-18(3)8-9-23-22(26)15-33-35-23)14-25-27(24)30(34-31(37)38)36-12-6-5-7-21(36)16-39-25/h8-11,13-15,17,21H,5-7,12,16H2,1-4H3,(H,33,35)/t21-/m1/s1. The van der Waals surface area contributed by atoms with E-state index >= 15 is 0 Å². The van der Waals surface area contributed by atoms with Crippen LogP contribution in [0.3, 0.4) is 0 Å². The van der Waals surface area contributed by atoms with E-state index < -0.39 is 0 Å². The van der Waals surface area contributed by atoms with Crippen molar-refractivity contribution in [1.82, 2.24) is 24.7 Å². The summed E-state index contributed by atoms with van der Waals surface area (Å²) < 4.78 is 8.35. The van der Waals surface area contributed by atoms with Crippen LogP contribution in [0.5, 0.6) is 5.75 Å². The molecule has 5 aromatic rings. The Kier molecular flexibility index (Phi) is 5.47. The minimum Gasteiger partial charge on any atom is -0.491 e. The molecular weight excluding hydrogens is 488 g/mol. The van der Waals surface area contributed by atoms with E-state index in [0.717, 1.165) is 92.8 Å². The zero-order chi connectivity index (χ0) is 26.8. The highest BCUT2D eigenvalue weighted by Crippen LogP contribution is 2.43. The van der Waals surface area contributed by atoms with E-state index in [1.165, 1.54) is 0 Å². The third kappa shape index (κ3) is 3.65. The fourth-order valence-electron chi connectivity index (χ4n) is 6.42. The van der Waals surface area contributed by atoms with Crippen molar-refractivity contribution in [2.75, 3.05) is 18.1 Å². The maximum atomic E-state index is 14.1. The minimum atomic E-state index is -0.289. The Balaban J connectivity index is 1.63. The first kappa shape index (κ1) is 23.9. The van der Waals surface area contributed by atoms with Crippen LogP contribution in [0, 0.1) is 13.8 Å². The summed E-state index contributed by atoms with van der Waals surface area (Å²) in [5.74, 6) is 1.63. The molecule has 2 aliphatic heterocycles. The van der Waals surface area contributed by atoms with Crippen molar-refractivity contribution >= 4 is 27.6 Å². The number of hydrogen-bond acceptors (Lipinski definition) is 6. The molecule has 3 aromatic heterocycles. The van der Waals surface area contributed by atoms with E-state index in [1.807, 2.05) is 25.4 Å². The number of benzene rings is 2. The van der Waals surface area contributed by atoms with E-state index in [-0.39, 0.29) is 17.6 Å². The van der Waals surface area contributed by atoms with Gasteiger partial charge in [0.25, 0.3) is 0 Å². The summed E-state index contributed by atoms with van der Waals surface area (Å²) in [7, 11) is 0. The first-order valence-corrected chi connectivity index (χ1v) is 13.8. The molecule has 2 aromatic carbocycles. The molecule has 1 fully saturated rings. The van der Waals surface area contributed by atoms with Crippen LogP contribution in [0.2, 0.25) is 0 Å². The summed E-state index contributed by atoms with van der Waals surface area (Å²) in [6, 6.07) is 10.6. The van der Waals surface area contributed by atoms with Gasteiger partial charge in [0.15, 0.2) is 0 Å². The van der Waals surface area contributed by atoms with Crippen LogP contribution in [0.4, 0.5) is 5.82 Å². The molecule has 39 heavy (non-hydrogen) atoms. The first-order chi connectivity index (χ1) is 18.9. The van der Waals surface area contributed by atoms with Crippen molar-refractivity contribution in [3.63, 3.8) is 0 Å². The number of H-pyrrole nitrogens is 1. The van der Waals surface area contributed by atoms with Crippen molar-refractivity contribution in [3.05, 3.63) is 70.0 Å². The predicted molar refractivity (Wildman–Crippen MR) is 154 cm³/mol. The summed E-state index contributed by atoms with van der Waals surface area (Å²) in [5, 5.41) is 9.33. The van der Waals surface area contributed by atoms with Gasteiger partial charge in [0.1, 0.15) is 18.2 Å². The number of fused-ring (bicyclic) bond motifs is 3. The van der Waals surface area contributed by atoms with E-state index in [0.29, 0.717) is 6.61 Å². The van der Waals surface area contributed by atoms with Crippen molar-refractivity contribution in [3.8, 4) is 22.6 Å². The van der Waals surface area contributed by atoms with Gasteiger partial charge < -0.3 is 9.64 Å². The van der Waals surface area contributed by atoms with Crippen molar-refractivity contribution in [2.24, 2.45) is 0 Å². The molecule has 7 rings (SSSR count). The Morgan fingerprint density at radius 3 is 2.82 bits per heavy atom. The molecule has 1 saturated heterocycles.